The van der Waals surface area contributed by atoms with Crippen LogP contribution < -0.4 is 14.8 Å². The third kappa shape index (κ3) is 2.59. The predicted octanol–water partition coefficient (Wildman–Crippen LogP) is 5.83. The lowest BCUT2D eigenvalue weighted by molar-refractivity contribution is 0.448. The predicted molar refractivity (Wildman–Crippen MR) is 120 cm³/mol. The molecule has 0 saturated carbocycles. The first kappa shape index (κ1) is 16.3. The SMILES string of the molecule is c1ccc(B2Oc3ccc4ccccc4c3-c3c(ccc4ccccc34)O2)cc1. The Bertz CT molecular complexity index is 1270. The van der Waals surface area contributed by atoms with E-state index in [0.717, 1.165) is 28.1 Å². The fraction of sp³-hybridized carbons (Fsp3) is 0. The molecule has 0 amide bonds. The van der Waals surface area contributed by atoms with Crippen LogP contribution in [0.5, 0.6) is 11.5 Å². The molecule has 29 heavy (non-hydrogen) atoms. The number of hydrogen-bond donors (Lipinski definition) is 0. The summed E-state index contributed by atoms with van der Waals surface area (Å²) < 4.78 is 12.9. The van der Waals surface area contributed by atoms with E-state index in [4.69, 9.17) is 9.31 Å². The molecule has 3 heteroatoms. The van der Waals surface area contributed by atoms with Crippen LogP contribution in [0.4, 0.5) is 0 Å². The molecule has 5 aromatic rings. The van der Waals surface area contributed by atoms with Gasteiger partial charge in [-0.05, 0) is 33.7 Å². The van der Waals surface area contributed by atoms with Crippen molar-refractivity contribution in [1.29, 1.82) is 0 Å². The zero-order chi connectivity index (χ0) is 19.2. The molecule has 0 aliphatic carbocycles. The third-order valence-electron chi connectivity index (χ3n) is 5.57. The monoisotopic (exact) mass is 372 g/mol. The molecule has 0 fully saturated rings. The van der Waals surface area contributed by atoms with Crippen LogP contribution in [0.1, 0.15) is 0 Å². The highest BCUT2D eigenvalue weighted by molar-refractivity contribution is 6.63. The Kier molecular flexibility index (Phi) is 3.60. The maximum Gasteiger partial charge on any atom is 0.632 e. The summed E-state index contributed by atoms with van der Waals surface area (Å²) in [5.74, 6) is 1.68. The molecular formula is C26H17BO2. The maximum atomic E-state index is 6.46. The number of rotatable bonds is 1. The molecule has 1 aliphatic rings. The average Bonchev–Trinajstić information content (AvgIpc) is 2.97. The first-order valence-corrected chi connectivity index (χ1v) is 9.81. The second-order valence-electron chi connectivity index (χ2n) is 7.30. The maximum absolute atomic E-state index is 6.46. The summed E-state index contributed by atoms with van der Waals surface area (Å²) in [5.41, 5.74) is 3.18. The molecule has 0 saturated heterocycles. The van der Waals surface area contributed by atoms with Gasteiger partial charge in [0.05, 0.1) is 0 Å². The number of hydrogen-bond acceptors (Lipinski definition) is 2. The fourth-order valence-corrected chi connectivity index (χ4v) is 4.22. The van der Waals surface area contributed by atoms with Crippen molar-refractivity contribution in [2.24, 2.45) is 0 Å². The Morgan fingerprint density at radius 2 is 0.931 bits per heavy atom. The van der Waals surface area contributed by atoms with Gasteiger partial charge in [0.15, 0.2) is 0 Å². The van der Waals surface area contributed by atoms with Crippen LogP contribution in [0.25, 0.3) is 32.7 Å². The second kappa shape index (κ2) is 6.42. The number of fused-ring (bicyclic) bond motifs is 7. The standard InChI is InChI=1S/C26H17BO2/c1-2-10-20(11-3-1)27-28-23-16-14-18-8-4-6-12-21(18)25(23)26-22-13-7-5-9-19(22)15-17-24(26)29-27/h1-17H. The van der Waals surface area contributed by atoms with Gasteiger partial charge in [-0.2, -0.15) is 0 Å². The Labute approximate surface area is 169 Å². The molecule has 1 aliphatic heterocycles. The van der Waals surface area contributed by atoms with Crippen LogP contribution in [0, 0.1) is 0 Å². The van der Waals surface area contributed by atoms with Gasteiger partial charge in [-0.1, -0.05) is 91.0 Å². The zero-order valence-corrected chi connectivity index (χ0v) is 15.7. The lowest BCUT2D eigenvalue weighted by Gasteiger charge is -2.14. The van der Waals surface area contributed by atoms with Crippen LogP contribution in [0.2, 0.25) is 0 Å². The zero-order valence-electron chi connectivity index (χ0n) is 15.7. The van der Waals surface area contributed by atoms with Gasteiger partial charge in [0.2, 0.25) is 0 Å². The fourth-order valence-electron chi connectivity index (χ4n) is 4.22. The van der Waals surface area contributed by atoms with Crippen molar-refractivity contribution in [3.05, 3.63) is 103 Å². The van der Waals surface area contributed by atoms with E-state index in [1.807, 2.05) is 30.3 Å². The summed E-state index contributed by atoms with van der Waals surface area (Å²) in [6.07, 6.45) is 0. The minimum Gasteiger partial charge on any atom is -0.521 e. The summed E-state index contributed by atoms with van der Waals surface area (Å²) in [4.78, 5) is 0. The van der Waals surface area contributed by atoms with Gasteiger partial charge in [0, 0.05) is 16.6 Å². The molecule has 1 heterocycles. The van der Waals surface area contributed by atoms with E-state index < -0.39 is 7.12 Å². The van der Waals surface area contributed by atoms with E-state index in [1.54, 1.807) is 0 Å². The minimum absolute atomic E-state index is 0.501. The van der Waals surface area contributed by atoms with Crippen LogP contribution >= 0.6 is 0 Å². The van der Waals surface area contributed by atoms with Crippen molar-refractivity contribution in [2.75, 3.05) is 0 Å². The smallest absolute Gasteiger partial charge is 0.521 e. The first-order chi connectivity index (χ1) is 14.4. The van der Waals surface area contributed by atoms with Gasteiger partial charge in [-0.15, -0.1) is 0 Å². The normalized spacial score (nSPS) is 12.6. The minimum atomic E-state index is -0.501. The van der Waals surface area contributed by atoms with Gasteiger partial charge in [0.25, 0.3) is 0 Å². The quantitative estimate of drug-likeness (QED) is 0.345. The van der Waals surface area contributed by atoms with E-state index in [-0.39, 0.29) is 0 Å². The molecule has 0 N–H and O–H groups in total. The van der Waals surface area contributed by atoms with E-state index in [1.165, 1.54) is 21.5 Å². The number of benzene rings is 5. The average molecular weight is 372 g/mol. The van der Waals surface area contributed by atoms with Crippen LogP contribution in [0.3, 0.4) is 0 Å². The summed E-state index contributed by atoms with van der Waals surface area (Å²) >= 11 is 0. The molecule has 0 atom stereocenters. The summed E-state index contributed by atoms with van der Waals surface area (Å²) in [6.45, 7) is 0. The van der Waals surface area contributed by atoms with Crippen molar-refractivity contribution in [3.63, 3.8) is 0 Å². The Morgan fingerprint density at radius 3 is 1.48 bits per heavy atom. The molecular weight excluding hydrogens is 355 g/mol. The van der Waals surface area contributed by atoms with Gasteiger partial charge in [-0.25, -0.2) is 0 Å². The Hall–Kier alpha value is -3.72. The molecule has 0 bridgehead atoms. The van der Waals surface area contributed by atoms with Crippen molar-refractivity contribution in [1.82, 2.24) is 0 Å². The highest BCUT2D eigenvalue weighted by atomic mass is 16.6. The molecule has 2 nitrogen and oxygen atoms in total. The Balaban J connectivity index is 1.72. The summed E-state index contributed by atoms with van der Waals surface area (Å²) in [5, 5.41) is 4.71. The molecule has 0 unspecified atom stereocenters. The van der Waals surface area contributed by atoms with E-state index >= 15 is 0 Å². The van der Waals surface area contributed by atoms with Crippen molar-refractivity contribution < 1.29 is 9.31 Å². The third-order valence-corrected chi connectivity index (χ3v) is 5.57. The summed E-state index contributed by atoms with van der Waals surface area (Å²) in [7, 11) is -0.501. The molecule has 6 rings (SSSR count). The van der Waals surface area contributed by atoms with E-state index in [0.29, 0.717) is 0 Å². The van der Waals surface area contributed by atoms with E-state index in [2.05, 4.69) is 72.8 Å². The lowest BCUT2D eigenvalue weighted by Crippen LogP contribution is -2.42. The largest absolute Gasteiger partial charge is 0.632 e. The second-order valence-corrected chi connectivity index (χ2v) is 7.30. The van der Waals surface area contributed by atoms with Gasteiger partial charge < -0.3 is 9.31 Å². The van der Waals surface area contributed by atoms with Crippen molar-refractivity contribution in [2.45, 2.75) is 0 Å². The van der Waals surface area contributed by atoms with Gasteiger partial charge in [-0.3, -0.25) is 0 Å². The highest BCUT2D eigenvalue weighted by Crippen LogP contribution is 2.47. The lowest BCUT2D eigenvalue weighted by atomic mass is 9.79. The first-order valence-electron chi connectivity index (χ1n) is 9.81. The molecule has 0 radical (unpaired) electrons. The highest BCUT2D eigenvalue weighted by Gasteiger charge is 2.33. The molecule has 0 spiro atoms. The molecule has 5 aromatic carbocycles. The molecule has 0 aromatic heterocycles. The van der Waals surface area contributed by atoms with Gasteiger partial charge >= 0.3 is 7.12 Å². The van der Waals surface area contributed by atoms with Crippen LogP contribution in [-0.2, 0) is 0 Å². The summed E-state index contributed by atoms with van der Waals surface area (Å²) in [6, 6.07) is 35.4. The Morgan fingerprint density at radius 1 is 0.448 bits per heavy atom. The topological polar surface area (TPSA) is 18.5 Å². The van der Waals surface area contributed by atoms with Gasteiger partial charge in [0.1, 0.15) is 11.5 Å². The molecule has 136 valence electrons. The van der Waals surface area contributed by atoms with Crippen molar-refractivity contribution >= 4 is 34.1 Å². The van der Waals surface area contributed by atoms with Crippen molar-refractivity contribution in [3.8, 4) is 22.6 Å². The van der Waals surface area contributed by atoms with E-state index in [9.17, 15) is 0 Å². The van der Waals surface area contributed by atoms with Crippen LogP contribution in [0.15, 0.2) is 103 Å². The van der Waals surface area contributed by atoms with Crippen LogP contribution in [-0.4, -0.2) is 7.12 Å².